The van der Waals surface area contributed by atoms with E-state index in [0.29, 0.717) is 52.4 Å². The molecule has 0 N–H and O–H groups in total. The fourth-order valence-corrected chi connectivity index (χ4v) is 17.9. The average molecular weight is 1680 g/mol. The molecule has 0 saturated heterocycles. The maximum absolute atomic E-state index is 6.20. The Kier molecular flexibility index (Phi) is 19.2. The Bertz CT molecular complexity index is 8640. The molecule has 0 amide bonds. The lowest BCUT2D eigenvalue weighted by Gasteiger charge is -2.11. The van der Waals surface area contributed by atoms with Crippen molar-refractivity contribution < 1.29 is 22.1 Å². The van der Waals surface area contributed by atoms with Crippen molar-refractivity contribution in [3.8, 4) is 147 Å². The Morgan fingerprint density at radius 3 is 0.565 bits per heavy atom. The summed E-state index contributed by atoms with van der Waals surface area (Å²) >= 11 is 0. The fourth-order valence-electron chi connectivity index (χ4n) is 17.9. The van der Waals surface area contributed by atoms with Crippen molar-refractivity contribution in [2.45, 2.75) is 0 Å². The van der Waals surface area contributed by atoms with E-state index in [2.05, 4.69) is 170 Å². The third-order valence-corrected chi connectivity index (χ3v) is 24.0. The van der Waals surface area contributed by atoms with Gasteiger partial charge in [0.1, 0.15) is 55.8 Å². The van der Waals surface area contributed by atoms with E-state index < -0.39 is 0 Å². The van der Waals surface area contributed by atoms with Crippen molar-refractivity contribution in [1.29, 1.82) is 0 Å². The number of rotatable bonds is 13. The van der Waals surface area contributed by atoms with Crippen molar-refractivity contribution in [2.24, 2.45) is 0 Å². The summed E-state index contributed by atoms with van der Waals surface area (Å²) in [6.45, 7) is 0. The van der Waals surface area contributed by atoms with Crippen molar-refractivity contribution in [3.63, 3.8) is 0 Å². The molecule has 0 aliphatic heterocycles. The average Bonchev–Trinajstić information content (AvgIpc) is 1.64. The van der Waals surface area contributed by atoms with Gasteiger partial charge in [-0.2, -0.15) is 0 Å². The smallest absolute Gasteiger partial charge is 0.164 e. The van der Waals surface area contributed by atoms with Crippen LogP contribution >= 0.6 is 0 Å². The number of fused-ring (bicyclic) bond motifs is 15. The minimum atomic E-state index is 0.597. The van der Waals surface area contributed by atoms with E-state index in [9.17, 15) is 0 Å². The predicted molar refractivity (Wildman–Crippen MR) is 527 cm³/mol. The Labute approximate surface area is 749 Å². The van der Waals surface area contributed by atoms with E-state index in [1.807, 2.05) is 261 Å². The summed E-state index contributed by atoms with van der Waals surface area (Å²) in [5.41, 5.74) is 25.7. The van der Waals surface area contributed by atoms with Gasteiger partial charge in [-0.15, -0.1) is 0 Å². The van der Waals surface area contributed by atoms with Crippen LogP contribution in [-0.2, 0) is 0 Å². The molecule has 14 nitrogen and oxygen atoms in total. The first-order valence-corrected chi connectivity index (χ1v) is 43.4. The molecule has 0 atom stereocenters. The molecule has 131 heavy (non-hydrogen) atoms. The summed E-state index contributed by atoms with van der Waals surface area (Å²) in [5.74, 6) is 5.60. The van der Waals surface area contributed by atoms with Crippen LogP contribution in [0.1, 0.15) is 0 Å². The van der Waals surface area contributed by atoms with Gasteiger partial charge in [0.05, 0.1) is 0 Å². The van der Waals surface area contributed by atoms with E-state index >= 15 is 0 Å². The van der Waals surface area contributed by atoms with Gasteiger partial charge in [-0.3, -0.25) is 0 Å². The Morgan fingerprint density at radius 2 is 0.290 bits per heavy atom. The zero-order valence-corrected chi connectivity index (χ0v) is 70.1. The number of nitrogens with zero attached hydrogens (tertiary/aromatic N) is 9. The minimum absolute atomic E-state index is 0.597. The number of furan rings is 5. The lowest BCUT2D eigenvalue weighted by Crippen LogP contribution is -2.00. The fraction of sp³-hybridized carbons (Fsp3) is 0. The van der Waals surface area contributed by atoms with Gasteiger partial charge in [-0.25, -0.2) is 44.9 Å². The van der Waals surface area contributed by atoms with Crippen LogP contribution in [0.3, 0.4) is 0 Å². The van der Waals surface area contributed by atoms with E-state index in [1.165, 1.54) is 0 Å². The number of hydrogen-bond acceptors (Lipinski definition) is 14. The van der Waals surface area contributed by atoms with Crippen molar-refractivity contribution in [1.82, 2.24) is 44.9 Å². The van der Waals surface area contributed by atoms with E-state index in [0.717, 1.165) is 204 Å². The Balaban J connectivity index is 0.000000110. The van der Waals surface area contributed by atoms with Crippen LogP contribution in [0, 0.1) is 0 Å². The molecule has 0 saturated carbocycles. The first-order valence-electron chi connectivity index (χ1n) is 43.4. The molecular weight excluding hydrogens is 1610 g/mol. The molecule has 14 heteroatoms. The molecule has 26 rings (SSSR count). The van der Waals surface area contributed by atoms with Gasteiger partial charge in [0.15, 0.2) is 52.4 Å². The van der Waals surface area contributed by atoms with Crippen LogP contribution in [-0.4, -0.2) is 44.9 Å². The molecule has 0 radical (unpaired) electrons. The molecule has 18 aromatic carbocycles. The molecular formula is C117H71N9O5. The molecule has 8 heterocycles. The summed E-state index contributed by atoms with van der Waals surface area (Å²) in [5, 5.41) is 10.8. The maximum Gasteiger partial charge on any atom is 0.164 e. The third kappa shape index (κ3) is 14.4. The molecule has 0 spiro atoms. The van der Waals surface area contributed by atoms with Gasteiger partial charge in [0.2, 0.25) is 0 Å². The monoisotopic (exact) mass is 1680 g/mol. The first-order chi connectivity index (χ1) is 64.9. The summed E-state index contributed by atoms with van der Waals surface area (Å²) in [6.07, 6.45) is 0. The lowest BCUT2D eigenvalue weighted by molar-refractivity contribution is 0.668. The van der Waals surface area contributed by atoms with Crippen molar-refractivity contribution >= 4 is 110 Å². The second-order valence-corrected chi connectivity index (χ2v) is 32.1. The van der Waals surface area contributed by atoms with Crippen LogP contribution in [0.4, 0.5) is 0 Å². The van der Waals surface area contributed by atoms with Gasteiger partial charge < -0.3 is 22.1 Å². The van der Waals surface area contributed by atoms with Gasteiger partial charge in [-0.05, 0) is 123 Å². The zero-order chi connectivity index (χ0) is 86.7. The minimum Gasteiger partial charge on any atom is -0.456 e. The van der Waals surface area contributed by atoms with E-state index in [-0.39, 0.29) is 0 Å². The highest BCUT2D eigenvalue weighted by Crippen LogP contribution is 2.45. The van der Waals surface area contributed by atoms with Gasteiger partial charge >= 0.3 is 0 Å². The number of benzene rings is 18. The van der Waals surface area contributed by atoms with Crippen LogP contribution in [0.2, 0.25) is 0 Å². The quantitative estimate of drug-likeness (QED) is 0.106. The maximum atomic E-state index is 6.20. The standard InChI is InChI=1S/C45H27N3O2.C39H23N3O2.C33H21N3O/c1-2-12-28(13-3-1)43-46-44(31-16-8-14-29(26-31)33-20-10-24-39-41(33)35-18-4-6-22-37(35)49-39)48-45(47-43)32-17-9-15-30(27-32)34-21-11-25-40-42(34)36-19-5-7-23-38(36)50-40;1-2-11-24(12-3-1)37-40-38(42-39(41-37)30-18-10-22-34-36(30)29-16-5-7-20-32(29)44-34)26-14-8-13-25(23-26)27-17-9-21-33-35(27)28-15-4-6-19-31(28)43-33;1-3-10-23(11-4-1)31-34-32(24-12-5-2-6-13-24)36-33(35-31)25-20-18-22(19-21-25)26-15-9-17-29-30(26)27-14-7-8-16-28(27)37-29/h1-27H;1-23H;1-21H. The second kappa shape index (κ2) is 32.8. The molecule has 0 unspecified atom stereocenters. The van der Waals surface area contributed by atoms with Gasteiger partial charge in [0, 0.05) is 104 Å². The SMILES string of the molecule is c1ccc(-c2nc(-c3cccc(-c4cccc5oc6ccccc6c45)c3)nc(-c3cccc(-c4cccc5oc6ccccc6c45)c3)n2)cc1.c1ccc(-c2nc(-c3cccc(-c4cccc5oc6ccccc6c45)c3)nc(-c3cccc4oc5ccccc5c34)n2)cc1.c1ccc(-c2nc(-c3ccccc3)nc(-c3ccc(-c4cccc5oc6ccccc6c45)cc3)n2)cc1. The summed E-state index contributed by atoms with van der Waals surface area (Å²) in [4.78, 5) is 44.8. The lowest BCUT2D eigenvalue weighted by atomic mass is 9.97. The summed E-state index contributed by atoms with van der Waals surface area (Å²) < 4.78 is 30.9. The highest BCUT2D eigenvalue weighted by molar-refractivity contribution is 6.17. The number of hydrogen-bond donors (Lipinski definition) is 0. The largest absolute Gasteiger partial charge is 0.456 e. The Morgan fingerprint density at radius 1 is 0.115 bits per heavy atom. The van der Waals surface area contributed by atoms with Gasteiger partial charge in [0.25, 0.3) is 0 Å². The topological polar surface area (TPSA) is 182 Å². The molecule has 614 valence electrons. The molecule has 0 aliphatic carbocycles. The van der Waals surface area contributed by atoms with Gasteiger partial charge in [-0.1, -0.05) is 352 Å². The Hall–Kier alpha value is -18.0. The number of aromatic nitrogens is 9. The highest BCUT2D eigenvalue weighted by atomic mass is 16.3. The molecule has 8 aromatic heterocycles. The van der Waals surface area contributed by atoms with Crippen LogP contribution in [0.5, 0.6) is 0 Å². The van der Waals surface area contributed by atoms with Crippen LogP contribution in [0.15, 0.2) is 453 Å². The number of para-hydroxylation sites is 5. The van der Waals surface area contributed by atoms with Crippen LogP contribution in [0.25, 0.3) is 257 Å². The molecule has 26 aromatic rings. The molecule has 0 fully saturated rings. The second-order valence-electron chi connectivity index (χ2n) is 32.1. The normalized spacial score (nSPS) is 11.5. The highest BCUT2D eigenvalue weighted by Gasteiger charge is 2.24. The van der Waals surface area contributed by atoms with Crippen molar-refractivity contribution in [2.75, 3.05) is 0 Å². The molecule has 0 aliphatic rings. The van der Waals surface area contributed by atoms with Crippen LogP contribution < -0.4 is 0 Å². The van der Waals surface area contributed by atoms with E-state index in [4.69, 9.17) is 66.9 Å². The zero-order valence-electron chi connectivity index (χ0n) is 70.1. The van der Waals surface area contributed by atoms with Crippen molar-refractivity contribution in [3.05, 3.63) is 431 Å². The predicted octanol–water partition coefficient (Wildman–Crippen LogP) is 30.8. The molecule has 0 bridgehead atoms. The first kappa shape index (κ1) is 76.6. The summed E-state index contributed by atoms with van der Waals surface area (Å²) in [6, 6.07) is 145. The summed E-state index contributed by atoms with van der Waals surface area (Å²) in [7, 11) is 0. The third-order valence-electron chi connectivity index (χ3n) is 24.0. The van der Waals surface area contributed by atoms with E-state index in [1.54, 1.807) is 0 Å².